The Labute approximate surface area is 147 Å². The van der Waals surface area contributed by atoms with E-state index in [9.17, 15) is 4.79 Å². The van der Waals surface area contributed by atoms with Crippen molar-refractivity contribution in [3.63, 3.8) is 0 Å². The molecule has 1 aromatic heterocycles. The fraction of sp³-hybridized carbons (Fsp3) is 0.421. The third-order valence-corrected chi connectivity index (χ3v) is 5.28. The van der Waals surface area contributed by atoms with Crippen molar-refractivity contribution >= 4 is 17.2 Å². The van der Waals surface area contributed by atoms with E-state index in [1.165, 1.54) is 16.9 Å². The number of hydrogen-bond donors (Lipinski definition) is 0. The highest BCUT2D eigenvalue weighted by atomic mass is 32.1. The van der Waals surface area contributed by atoms with Crippen LogP contribution in [0.15, 0.2) is 35.7 Å². The van der Waals surface area contributed by atoms with Crippen LogP contribution < -0.4 is 4.74 Å². The van der Waals surface area contributed by atoms with Crippen LogP contribution in [0.25, 0.3) is 0 Å². The van der Waals surface area contributed by atoms with Crippen molar-refractivity contribution in [1.82, 2.24) is 9.80 Å². The number of ether oxygens (including phenoxy) is 1. The summed E-state index contributed by atoms with van der Waals surface area (Å²) in [7, 11) is 0. The minimum Gasteiger partial charge on any atom is -0.491 e. The molecule has 1 aliphatic rings. The highest BCUT2D eigenvalue weighted by Gasteiger charge is 2.22. The van der Waals surface area contributed by atoms with Crippen molar-refractivity contribution < 1.29 is 9.53 Å². The quantitative estimate of drug-likeness (QED) is 0.830. The number of thiophene rings is 1. The highest BCUT2D eigenvalue weighted by Crippen LogP contribution is 2.26. The number of carbonyl (C=O) groups is 1. The Morgan fingerprint density at radius 3 is 2.83 bits per heavy atom. The van der Waals surface area contributed by atoms with Crippen molar-refractivity contribution in [2.75, 3.05) is 26.2 Å². The summed E-state index contributed by atoms with van der Waals surface area (Å²) in [5, 5.41) is 1.94. The topological polar surface area (TPSA) is 32.8 Å². The molecule has 4 nitrogen and oxygen atoms in total. The fourth-order valence-electron chi connectivity index (χ4n) is 2.98. The minimum atomic E-state index is 0.0931. The lowest BCUT2D eigenvalue weighted by Crippen LogP contribution is -2.31. The van der Waals surface area contributed by atoms with E-state index in [1.54, 1.807) is 0 Å². The zero-order valence-corrected chi connectivity index (χ0v) is 15.1. The second kappa shape index (κ2) is 7.81. The molecule has 2 heterocycles. The second-order valence-electron chi connectivity index (χ2n) is 5.96. The molecule has 0 N–H and O–H groups in total. The molecule has 0 unspecified atom stereocenters. The highest BCUT2D eigenvalue weighted by molar-refractivity contribution is 7.12. The zero-order valence-electron chi connectivity index (χ0n) is 14.3. The summed E-state index contributed by atoms with van der Waals surface area (Å²) in [6.07, 6.45) is 0. The van der Waals surface area contributed by atoms with Crippen molar-refractivity contribution in [2.45, 2.75) is 26.9 Å². The molecule has 0 aliphatic carbocycles. The van der Waals surface area contributed by atoms with Crippen LogP contribution in [0.4, 0.5) is 0 Å². The lowest BCUT2D eigenvalue weighted by atomic mass is 10.1. The van der Waals surface area contributed by atoms with Gasteiger partial charge in [0.25, 0.3) is 5.91 Å². The molecule has 3 rings (SSSR count). The average Bonchev–Trinajstić information content (AvgIpc) is 3.06. The number of carbonyl (C=O) groups excluding carboxylic acids is 1. The van der Waals surface area contributed by atoms with Crippen LogP contribution in [0.2, 0.25) is 0 Å². The number of nitrogens with zero attached hydrogens (tertiary/aromatic N) is 2. The molecular weight excluding hydrogens is 320 g/mol. The number of hydrogen-bond acceptors (Lipinski definition) is 4. The van der Waals surface area contributed by atoms with E-state index in [0.29, 0.717) is 19.7 Å². The van der Waals surface area contributed by atoms with Gasteiger partial charge in [0.05, 0.1) is 11.4 Å². The van der Waals surface area contributed by atoms with Gasteiger partial charge in [0.15, 0.2) is 0 Å². The number of amides is 1. The van der Waals surface area contributed by atoms with E-state index < -0.39 is 0 Å². The van der Waals surface area contributed by atoms with Crippen molar-refractivity contribution in [3.8, 4) is 5.75 Å². The molecule has 2 aromatic rings. The molecule has 0 bridgehead atoms. The standard InChI is InChI=1S/C19H24N2O2S/c1-3-20(4-2)13-15-7-8-17-16(12-15)14-21(9-10-23-17)19(22)18-6-5-11-24-18/h5-8,11-12H,3-4,9-10,13-14H2,1-2H3. The first kappa shape index (κ1) is 17.0. The third kappa shape index (κ3) is 3.79. The predicted octanol–water partition coefficient (Wildman–Crippen LogP) is 3.62. The zero-order chi connectivity index (χ0) is 16.9. The van der Waals surface area contributed by atoms with Gasteiger partial charge >= 0.3 is 0 Å². The molecule has 1 amide bonds. The molecule has 0 radical (unpaired) electrons. The van der Waals surface area contributed by atoms with Gasteiger partial charge in [-0.1, -0.05) is 26.0 Å². The van der Waals surface area contributed by atoms with Crippen LogP contribution in [0.3, 0.4) is 0 Å². The largest absolute Gasteiger partial charge is 0.491 e. The lowest BCUT2D eigenvalue weighted by molar-refractivity contribution is 0.0738. The van der Waals surface area contributed by atoms with E-state index in [-0.39, 0.29) is 5.91 Å². The van der Waals surface area contributed by atoms with E-state index in [1.807, 2.05) is 28.5 Å². The Morgan fingerprint density at radius 1 is 1.29 bits per heavy atom. The second-order valence-corrected chi connectivity index (χ2v) is 6.90. The number of rotatable bonds is 5. The van der Waals surface area contributed by atoms with Crippen molar-refractivity contribution in [3.05, 3.63) is 51.7 Å². The Kier molecular flexibility index (Phi) is 5.53. The Hall–Kier alpha value is -1.85. The minimum absolute atomic E-state index is 0.0931. The van der Waals surface area contributed by atoms with Crippen molar-refractivity contribution in [2.24, 2.45) is 0 Å². The summed E-state index contributed by atoms with van der Waals surface area (Å²) in [5.41, 5.74) is 2.37. The van der Waals surface area contributed by atoms with Gasteiger partial charge in [0, 0.05) is 18.7 Å². The van der Waals surface area contributed by atoms with Gasteiger partial charge in [-0.25, -0.2) is 0 Å². The number of fused-ring (bicyclic) bond motifs is 1. The van der Waals surface area contributed by atoms with Crippen LogP contribution in [-0.2, 0) is 13.1 Å². The van der Waals surface area contributed by atoms with Crippen molar-refractivity contribution in [1.29, 1.82) is 0 Å². The fourth-order valence-corrected chi connectivity index (χ4v) is 3.67. The van der Waals surface area contributed by atoms with Crippen LogP contribution in [0.1, 0.15) is 34.6 Å². The van der Waals surface area contributed by atoms with Crippen LogP contribution in [0.5, 0.6) is 5.75 Å². The van der Waals surface area contributed by atoms with Gasteiger partial charge in [-0.05, 0) is 42.2 Å². The Balaban J connectivity index is 1.79. The summed E-state index contributed by atoms with van der Waals surface area (Å²) < 4.78 is 5.85. The first-order valence-electron chi connectivity index (χ1n) is 8.51. The average molecular weight is 344 g/mol. The van der Waals surface area contributed by atoms with E-state index in [2.05, 4.69) is 30.9 Å². The van der Waals surface area contributed by atoms with Gasteiger partial charge in [0.1, 0.15) is 12.4 Å². The maximum absolute atomic E-state index is 12.7. The summed E-state index contributed by atoms with van der Waals surface area (Å²) in [4.78, 5) is 17.7. The molecule has 1 aliphatic heterocycles. The predicted molar refractivity (Wildman–Crippen MR) is 97.6 cm³/mol. The first-order valence-corrected chi connectivity index (χ1v) is 9.39. The molecule has 0 fully saturated rings. The van der Waals surface area contributed by atoms with Gasteiger partial charge in [-0.3, -0.25) is 9.69 Å². The molecule has 0 atom stereocenters. The van der Waals surface area contributed by atoms with Crippen LogP contribution in [0, 0.1) is 0 Å². The Morgan fingerprint density at radius 2 is 2.12 bits per heavy atom. The lowest BCUT2D eigenvalue weighted by Gasteiger charge is -2.20. The van der Waals surface area contributed by atoms with Gasteiger partial charge < -0.3 is 9.64 Å². The molecule has 128 valence electrons. The summed E-state index contributed by atoms with van der Waals surface area (Å²) in [6.45, 7) is 9.13. The molecular formula is C19H24N2O2S. The van der Waals surface area contributed by atoms with Crippen LogP contribution >= 0.6 is 11.3 Å². The van der Waals surface area contributed by atoms with Gasteiger partial charge in [0.2, 0.25) is 0 Å². The smallest absolute Gasteiger partial charge is 0.264 e. The summed E-state index contributed by atoms with van der Waals surface area (Å²) in [6, 6.07) is 10.2. The maximum atomic E-state index is 12.7. The normalized spacial score (nSPS) is 14.2. The van der Waals surface area contributed by atoms with Gasteiger partial charge in [-0.15, -0.1) is 11.3 Å². The van der Waals surface area contributed by atoms with Crippen LogP contribution in [-0.4, -0.2) is 41.9 Å². The molecule has 24 heavy (non-hydrogen) atoms. The monoisotopic (exact) mass is 344 g/mol. The summed E-state index contributed by atoms with van der Waals surface area (Å²) >= 11 is 1.49. The SMILES string of the molecule is CCN(CC)Cc1ccc2c(c1)CN(C(=O)c1cccs1)CCO2. The molecule has 1 aromatic carbocycles. The summed E-state index contributed by atoms with van der Waals surface area (Å²) in [5.74, 6) is 0.996. The first-order chi connectivity index (χ1) is 11.7. The molecule has 5 heteroatoms. The van der Waals surface area contributed by atoms with E-state index in [0.717, 1.165) is 35.8 Å². The molecule has 0 saturated heterocycles. The number of benzene rings is 1. The molecule has 0 saturated carbocycles. The Bertz CT molecular complexity index is 681. The van der Waals surface area contributed by atoms with E-state index in [4.69, 9.17) is 4.74 Å². The maximum Gasteiger partial charge on any atom is 0.264 e. The molecule has 0 spiro atoms. The third-order valence-electron chi connectivity index (χ3n) is 4.42. The van der Waals surface area contributed by atoms with Gasteiger partial charge in [-0.2, -0.15) is 0 Å². The van der Waals surface area contributed by atoms with E-state index >= 15 is 0 Å².